The van der Waals surface area contributed by atoms with Gasteiger partial charge in [-0.3, -0.25) is 9.59 Å². The van der Waals surface area contributed by atoms with Crippen molar-refractivity contribution >= 4 is 18.3 Å². The van der Waals surface area contributed by atoms with Crippen LogP contribution in [-0.2, 0) is 0 Å². The molecule has 6 nitrogen and oxygen atoms in total. The lowest BCUT2D eigenvalue weighted by atomic mass is 9.89. The van der Waals surface area contributed by atoms with E-state index in [4.69, 9.17) is 4.74 Å². The average molecular weight is 418 g/mol. The zero-order valence-corrected chi connectivity index (χ0v) is 17.8. The molecular weight excluding hydrogens is 390 g/mol. The number of rotatable bonds is 4. The number of carbonyl (C=O) groups is 1. The fraction of sp³-hybridized carbons (Fsp3) is 0.455. The van der Waals surface area contributed by atoms with E-state index in [9.17, 15) is 9.59 Å². The first-order valence-electron chi connectivity index (χ1n) is 9.88. The summed E-state index contributed by atoms with van der Waals surface area (Å²) in [5.74, 6) is 1.71. The highest BCUT2D eigenvalue weighted by molar-refractivity contribution is 5.96. The van der Waals surface area contributed by atoms with E-state index in [1.165, 1.54) is 6.07 Å². The summed E-state index contributed by atoms with van der Waals surface area (Å²) < 4.78 is 5.29. The van der Waals surface area contributed by atoms with E-state index in [1.807, 2.05) is 30.9 Å². The third-order valence-electron chi connectivity index (χ3n) is 6.04. The van der Waals surface area contributed by atoms with Gasteiger partial charge in [-0.2, -0.15) is 0 Å². The summed E-state index contributed by atoms with van der Waals surface area (Å²) in [5, 5.41) is 3.47. The first kappa shape index (κ1) is 21.4. The average Bonchev–Trinajstić information content (AvgIpc) is 3.28. The molecule has 2 aliphatic heterocycles. The van der Waals surface area contributed by atoms with E-state index in [1.54, 1.807) is 13.2 Å². The fourth-order valence-corrected chi connectivity index (χ4v) is 4.64. The number of aromatic amines is 1. The third kappa shape index (κ3) is 3.91. The highest BCUT2D eigenvalue weighted by atomic mass is 35.5. The Morgan fingerprint density at radius 2 is 1.86 bits per heavy atom. The van der Waals surface area contributed by atoms with Gasteiger partial charge in [0.25, 0.3) is 5.91 Å². The molecule has 0 bridgehead atoms. The van der Waals surface area contributed by atoms with Crippen LogP contribution in [0.2, 0.25) is 0 Å². The number of nitrogens with zero attached hydrogens (tertiary/aromatic N) is 1. The second-order valence-corrected chi connectivity index (χ2v) is 8.06. The number of benzene rings is 1. The van der Waals surface area contributed by atoms with Crippen LogP contribution in [0.15, 0.2) is 41.2 Å². The Balaban J connectivity index is 0.00000240. The number of nitrogens with one attached hydrogen (secondary N) is 2. The van der Waals surface area contributed by atoms with Crippen molar-refractivity contribution in [3.05, 3.63) is 63.6 Å². The first-order valence-corrected chi connectivity index (χ1v) is 9.88. The van der Waals surface area contributed by atoms with Crippen LogP contribution < -0.4 is 15.6 Å². The Bertz CT molecular complexity index is 926. The largest absolute Gasteiger partial charge is 0.497 e. The minimum absolute atomic E-state index is 0. The van der Waals surface area contributed by atoms with Crippen LogP contribution in [0.1, 0.15) is 47.4 Å². The molecule has 2 fully saturated rings. The molecule has 29 heavy (non-hydrogen) atoms. The number of hydrogen-bond donors (Lipinski definition) is 2. The molecule has 3 atom stereocenters. The van der Waals surface area contributed by atoms with Crippen molar-refractivity contribution in [3.63, 3.8) is 0 Å². The second kappa shape index (κ2) is 8.59. The van der Waals surface area contributed by atoms with Gasteiger partial charge in [0.05, 0.1) is 18.7 Å². The standard InChI is InChI=1S/C22H27N3O3.ClH/c1-13(2)20-17(8-9-19(26)24-20)22(27)25-12-15-10-23-11-18(15)21(25)14-4-6-16(28-3)7-5-14;/h4-9,13,15,18,21,23H,10-12H2,1-3H3,(H,24,26);1H/t15-,18-,21-;/m0./s1. The topological polar surface area (TPSA) is 74.4 Å². The maximum atomic E-state index is 13.6. The molecule has 2 aliphatic rings. The van der Waals surface area contributed by atoms with E-state index in [0.717, 1.165) is 30.9 Å². The van der Waals surface area contributed by atoms with Gasteiger partial charge in [0.2, 0.25) is 5.56 Å². The van der Waals surface area contributed by atoms with Gasteiger partial charge < -0.3 is 19.9 Å². The van der Waals surface area contributed by atoms with Gasteiger partial charge in [-0.25, -0.2) is 0 Å². The highest BCUT2D eigenvalue weighted by Gasteiger charge is 2.47. The van der Waals surface area contributed by atoms with Gasteiger partial charge in [0, 0.05) is 37.3 Å². The number of methoxy groups -OCH3 is 1. The number of ether oxygens (including phenoxy) is 1. The molecule has 7 heteroatoms. The van der Waals surface area contributed by atoms with Crippen LogP contribution in [0, 0.1) is 11.8 Å². The van der Waals surface area contributed by atoms with Crippen LogP contribution in [0.5, 0.6) is 5.75 Å². The fourth-order valence-electron chi connectivity index (χ4n) is 4.64. The lowest BCUT2D eigenvalue weighted by Crippen LogP contribution is -2.35. The zero-order chi connectivity index (χ0) is 19.8. The number of amides is 1. The molecule has 3 heterocycles. The summed E-state index contributed by atoms with van der Waals surface area (Å²) in [6, 6.07) is 11.2. The van der Waals surface area contributed by atoms with Crippen molar-refractivity contribution in [2.75, 3.05) is 26.7 Å². The molecular formula is C22H28ClN3O3. The number of H-pyrrole nitrogens is 1. The van der Waals surface area contributed by atoms with Crippen molar-refractivity contribution in [3.8, 4) is 5.75 Å². The second-order valence-electron chi connectivity index (χ2n) is 8.06. The Morgan fingerprint density at radius 1 is 1.14 bits per heavy atom. The van der Waals surface area contributed by atoms with Crippen LogP contribution in [-0.4, -0.2) is 42.5 Å². The van der Waals surface area contributed by atoms with Gasteiger partial charge >= 0.3 is 0 Å². The predicted octanol–water partition coefficient (Wildman–Crippen LogP) is 2.96. The molecule has 0 saturated carbocycles. The van der Waals surface area contributed by atoms with Crippen molar-refractivity contribution in [1.82, 2.24) is 15.2 Å². The van der Waals surface area contributed by atoms with Crippen molar-refractivity contribution in [2.24, 2.45) is 11.8 Å². The predicted molar refractivity (Wildman–Crippen MR) is 115 cm³/mol. The first-order chi connectivity index (χ1) is 13.5. The van der Waals surface area contributed by atoms with Gasteiger partial charge in [-0.15, -0.1) is 12.4 Å². The van der Waals surface area contributed by atoms with Crippen LogP contribution in [0.3, 0.4) is 0 Å². The molecule has 156 valence electrons. The van der Waals surface area contributed by atoms with E-state index >= 15 is 0 Å². The molecule has 0 unspecified atom stereocenters. The smallest absolute Gasteiger partial charge is 0.256 e. The maximum absolute atomic E-state index is 13.6. The number of aromatic nitrogens is 1. The Hall–Kier alpha value is -2.31. The normalized spacial score (nSPS) is 23.0. The molecule has 0 aliphatic carbocycles. The SMILES string of the molecule is COc1ccc([C@H]2[C@H]3CNC[C@H]3CN2C(=O)c2ccc(=O)[nH]c2C(C)C)cc1.Cl. The number of pyridine rings is 1. The zero-order valence-electron chi connectivity index (χ0n) is 17.0. The lowest BCUT2D eigenvalue weighted by molar-refractivity contribution is 0.0712. The molecule has 0 spiro atoms. The Labute approximate surface area is 177 Å². The number of halogens is 1. The molecule has 0 radical (unpaired) electrons. The van der Waals surface area contributed by atoms with Gasteiger partial charge in [0.1, 0.15) is 5.75 Å². The van der Waals surface area contributed by atoms with Gasteiger partial charge in [-0.05, 0) is 35.6 Å². The number of fused-ring (bicyclic) bond motifs is 1. The maximum Gasteiger partial charge on any atom is 0.256 e. The minimum atomic E-state index is -0.172. The number of hydrogen-bond acceptors (Lipinski definition) is 4. The quantitative estimate of drug-likeness (QED) is 0.802. The minimum Gasteiger partial charge on any atom is -0.497 e. The van der Waals surface area contributed by atoms with E-state index in [2.05, 4.69) is 22.4 Å². The van der Waals surface area contributed by atoms with Crippen LogP contribution in [0.4, 0.5) is 0 Å². The van der Waals surface area contributed by atoms with Crippen LogP contribution in [0.25, 0.3) is 0 Å². The Kier molecular flexibility index (Phi) is 6.34. The summed E-state index contributed by atoms with van der Waals surface area (Å²) in [7, 11) is 1.65. The highest BCUT2D eigenvalue weighted by Crippen LogP contribution is 2.43. The summed E-state index contributed by atoms with van der Waals surface area (Å²) in [6.07, 6.45) is 0. The summed E-state index contributed by atoms with van der Waals surface area (Å²) >= 11 is 0. The third-order valence-corrected chi connectivity index (χ3v) is 6.04. The summed E-state index contributed by atoms with van der Waals surface area (Å²) in [5.41, 5.74) is 2.26. The molecule has 1 aromatic carbocycles. The van der Waals surface area contributed by atoms with E-state index in [-0.39, 0.29) is 35.8 Å². The number of carbonyl (C=O) groups excluding carboxylic acids is 1. The molecule has 2 aromatic rings. The number of likely N-dealkylation sites (tertiary alicyclic amines) is 1. The van der Waals surface area contributed by atoms with Crippen molar-refractivity contribution < 1.29 is 9.53 Å². The molecule has 2 saturated heterocycles. The monoisotopic (exact) mass is 417 g/mol. The van der Waals surface area contributed by atoms with E-state index < -0.39 is 0 Å². The van der Waals surface area contributed by atoms with Crippen LogP contribution >= 0.6 is 12.4 Å². The molecule has 2 N–H and O–H groups in total. The summed E-state index contributed by atoms with van der Waals surface area (Å²) in [4.78, 5) is 30.2. The molecule has 4 rings (SSSR count). The lowest BCUT2D eigenvalue weighted by Gasteiger charge is -2.29. The molecule has 1 aromatic heterocycles. The van der Waals surface area contributed by atoms with E-state index in [0.29, 0.717) is 23.1 Å². The van der Waals surface area contributed by atoms with Gasteiger partial charge in [-0.1, -0.05) is 26.0 Å². The van der Waals surface area contributed by atoms with Crippen molar-refractivity contribution in [1.29, 1.82) is 0 Å². The van der Waals surface area contributed by atoms with Crippen molar-refractivity contribution in [2.45, 2.75) is 25.8 Å². The molecule has 1 amide bonds. The Morgan fingerprint density at radius 3 is 2.52 bits per heavy atom. The summed E-state index contributed by atoms with van der Waals surface area (Å²) in [6.45, 7) is 6.55. The van der Waals surface area contributed by atoms with Gasteiger partial charge in [0.15, 0.2) is 0 Å².